The molecule has 2 aromatic carbocycles. The van der Waals surface area contributed by atoms with Gasteiger partial charge in [0.05, 0.1) is 5.56 Å². The molecule has 7 nitrogen and oxygen atoms in total. The fourth-order valence-corrected chi connectivity index (χ4v) is 3.11. The summed E-state index contributed by atoms with van der Waals surface area (Å²) in [5, 5.41) is 5.90. The first-order valence-electron chi connectivity index (χ1n) is 9.88. The molecule has 0 bridgehead atoms. The van der Waals surface area contributed by atoms with Crippen LogP contribution >= 0.6 is 11.6 Å². The molecule has 2 aromatic heterocycles. The normalized spacial score (nSPS) is 10.5. The summed E-state index contributed by atoms with van der Waals surface area (Å²) in [6.07, 6.45) is 2.95. The zero-order chi connectivity index (χ0) is 23.4. The lowest BCUT2D eigenvalue weighted by Crippen LogP contribution is -2.14. The quantitative estimate of drug-likeness (QED) is 0.326. The van der Waals surface area contributed by atoms with Crippen LogP contribution in [0.25, 0.3) is 0 Å². The second-order valence-corrected chi connectivity index (χ2v) is 7.48. The number of nitrogens with zero attached hydrogens (tertiary/aromatic N) is 2. The predicted molar refractivity (Wildman–Crippen MR) is 127 cm³/mol. The van der Waals surface area contributed by atoms with Crippen molar-refractivity contribution < 1.29 is 13.9 Å². The topological polar surface area (TPSA) is 102 Å². The summed E-state index contributed by atoms with van der Waals surface area (Å²) < 4.78 is 20.2. The number of hydrogen-bond acceptors (Lipinski definition) is 6. The number of nitrogen functional groups attached to an aromatic ring is 1. The maximum atomic E-state index is 14.7. The van der Waals surface area contributed by atoms with Crippen molar-refractivity contribution >= 4 is 40.5 Å². The van der Waals surface area contributed by atoms with Crippen molar-refractivity contribution in [2.24, 2.45) is 0 Å². The molecule has 166 valence electrons. The number of nitrogens with two attached hydrogens (primary N) is 1. The van der Waals surface area contributed by atoms with E-state index in [9.17, 15) is 9.18 Å². The number of hydrogen-bond donors (Lipinski definition) is 3. The van der Waals surface area contributed by atoms with E-state index in [4.69, 9.17) is 22.1 Å². The number of nitrogens with one attached hydrogen (secondary N) is 2. The van der Waals surface area contributed by atoms with Crippen molar-refractivity contribution in [1.82, 2.24) is 9.97 Å². The number of pyridine rings is 2. The molecule has 2 heterocycles. The third-order valence-electron chi connectivity index (χ3n) is 4.66. The number of ether oxygens (including phenoxy) is 1. The molecule has 0 aliphatic rings. The predicted octanol–water partition coefficient (Wildman–Crippen LogP) is 5.95. The van der Waals surface area contributed by atoms with Crippen LogP contribution in [0, 0.1) is 12.7 Å². The van der Waals surface area contributed by atoms with Gasteiger partial charge in [0.2, 0.25) is 0 Å². The highest BCUT2D eigenvalue weighted by molar-refractivity contribution is 6.34. The Morgan fingerprint density at radius 3 is 2.52 bits per heavy atom. The first-order chi connectivity index (χ1) is 15.9. The second-order valence-electron chi connectivity index (χ2n) is 7.10. The summed E-state index contributed by atoms with van der Waals surface area (Å²) in [4.78, 5) is 20.8. The number of carbonyl (C=O) groups is 1. The molecule has 4 rings (SSSR count). The number of amides is 1. The van der Waals surface area contributed by atoms with Crippen LogP contribution in [-0.2, 0) is 0 Å². The zero-order valence-electron chi connectivity index (χ0n) is 17.5. The van der Waals surface area contributed by atoms with Gasteiger partial charge in [-0.2, -0.15) is 0 Å². The molecule has 0 unspecified atom stereocenters. The van der Waals surface area contributed by atoms with Gasteiger partial charge in [-0.1, -0.05) is 29.3 Å². The molecule has 1 amide bonds. The van der Waals surface area contributed by atoms with E-state index in [1.165, 1.54) is 30.6 Å². The minimum Gasteiger partial charge on any atom is -0.453 e. The van der Waals surface area contributed by atoms with Crippen molar-refractivity contribution in [3.63, 3.8) is 0 Å². The lowest BCUT2D eigenvalue weighted by molar-refractivity contribution is 0.102. The number of anilines is 4. The largest absolute Gasteiger partial charge is 0.453 e. The van der Waals surface area contributed by atoms with Crippen molar-refractivity contribution in [2.75, 3.05) is 16.4 Å². The van der Waals surface area contributed by atoms with E-state index in [2.05, 4.69) is 20.6 Å². The molecule has 0 atom stereocenters. The molecule has 9 heteroatoms. The first kappa shape index (κ1) is 22.0. The minimum atomic E-state index is -0.645. The zero-order valence-corrected chi connectivity index (χ0v) is 18.2. The molecule has 33 heavy (non-hydrogen) atoms. The van der Waals surface area contributed by atoms with Gasteiger partial charge < -0.3 is 21.1 Å². The smallest absolute Gasteiger partial charge is 0.259 e. The van der Waals surface area contributed by atoms with Crippen LogP contribution in [0.2, 0.25) is 5.02 Å². The first-order valence-corrected chi connectivity index (χ1v) is 10.3. The molecule has 4 aromatic rings. The second kappa shape index (κ2) is 9.54. The molecule has 0 fully saturated rings. The van der Waals surface area contributed by atoms with Crippen molar-refractivity contribution in [2.45, 2.75) is 6.92 Å². The molecule has 0 radical (unpaired) electrons. The highest BCUT2D eigenvalue weighted by Crippen LogP contribution is 2.34. The van der Waals surface area contributed by atoms with Crippen LogP contribution in [0.4, 0.5) is 27.4 Å². The van der Waals surface area contributed by atoms with Crippen molar-refractivity contribution in [1.29, 1.82) is 0 Å². The van der Waals surface area contributed by atoms with Gasteiger partial charge in [0.1, 0.15) is 16.7 Å². The van der Waals surface area contributed by atoms with Gasteiger partial charge in [0.15, 0.2) is 17.3 Å². The van der Waals surface area contributed by atoms with Crippen LogP contribution in [0.1, 0.15) is 15.9 Å². The Balaban J connectivity index is 1.52. The number of halogens is 2. The van der Waals surface area contributed by atoms with E-state index >= 15 is 0 Å². The number of benzene rings is 2. The fourth-order valence-electron chi connectivity index (χ4n) is 2.96. The molecule has 0 spiro atoms. The van der Waals surface area contributed by atoms with Crippen molar-refractivity contribution in [3.8, 4) is 11.5 Å². The van der Waals surface area contributed by atoms with E-state index in [0.717, 1.165) is 5.56 Å². The van der Waals surface area contributed by atoms with E-state index in [-0.39, 0.29) is 34.1 Å². The van der Waals surface area contributed by atoms with E-state index in [1.54, 1.807) is 18.2 Å². The standard InChI is InChI=1S/C24H19ClFN5O2/c1-14-4-6-15(7-5-14)31-24(32)17-3-2-11-29-23(17)30-16-8-9-19(18(26)13-16)33-20-10-12-28-22(27)21(20)25/h2-13H,1H3,(H2,27,28)(H,29,30)(H,31,32). The average Bonchev–Trinajstić information content (AvgIpc) is 2.80. The molecular formula is C24H19ClFN5O2. The Labute approximate surface area is 194 Å². The van der Waals surface area contributed by atoms with Crippen LogP contribution in [0.15, 0.2) is 73.1 Å². The number of rotatable bonds is 6. The van der Waals surface area contributed by atoms with Gasteiger partial charge in [-0.05, 0) is 43.3 Å². The fraction of sp³-hybridized carbons (Fsp3) is 0.0417. The van der Waals surface area contributed by atoms with Crippen LogP contribution in [-0.4, -0.2) is 15.9 Å². The Bertz CT molecular complexity index is 1310. The monoisotopic (exact) mass is 463 g/mol. The summed E-state index contributed by atoms with van der Waals surface area (Å²) in [6.45, 7) is 1.96. The summed E-state index contributed by atoms with van der Waals surface area (Å²) in [5.74, 6) is -0.498. The SMILES string of the molecule is Cc1ccc(NC(=O)c2cccnc2Nc2ccc(Oc3ccnc(N)c3Cl)c(F)c2)cc1. The minimum absolute atomic E-state index is 0.0496. The van der Waals surface area contributed by atoms with Crippen LogP contribution in [0.3, 0.4) is 0 Å². The Hall–Kier alpha value is -4.17. The highest BCUT2D eigenvalue weighted by atomic mass is 35.5. The summed E-state index contributed by atoms with van der Waals surface area (Å²) in [7, 11) is 0. The summed E-state index contributed by atoms with van der Waals surface area (Å²) in [6, 6.07) is 16.4. The molecule has 0 saturated heterocycles. The third-order valence-corrected chi connectivity index (χ3v) is 5.04. The molecule has 0 saturated carbocycles. The number of aromatic nitrogens is 2. The van der Waals surface area contributed by atoms with Gasteiger partial charge in [0.25, 0.3) is 5.91 Å². The van der Waals surface area contributed by atoms with Gasteiger partial charge in [-0.15, -0.1) is 0 Å². The molecule has 4 N–H and O–H groups in total. The van der Waals surface area contributed by atoms with Gasteiger partial charge >= 0.3 is 0 Å². The van der Waals surface area contributed by atoms with E-state index in [0.29, 0.717) is 16.9 Å². The molecule has 0 aliphatic carbocycles. The Morgan fingerprint density at radius 1 is 1.00 bits per heavy atom. The van der Waals surface area contributed by atoms with E-state index in [1.807, 2.05) is 31.2 Å². The van der Waals surface area contributed by atoms with Crippen LogP contribution < -0.4 is 21.1 Å². The summed E-state index contributed by atoms with van der Waals surface area (Å²) >= 11 is 6.05. The average molecular weight is 464 g/mol. The van der Waals surface area contributed by atoms with Crippen molar-refractivity contribution in [3.05, 3.63) is 95.0 Å². The number of carbonyl (C=O) groups excluding carboxylic acids is 1. The Kier molecular flexibility index (Phi) is 6.37. The maximum absolute atomic E-state index is 14.7. The van der Waals surface area contributed by atoms with E-state index < -0.39 is 5.82 Å². The third kappa shape index (κ3) is 5.19. The highest BCUT2D eigenvalue weighted by Gasteiger charge is 2.15. The Morgan fingerprint density at radius 2 is 1.76 bits per heavy atom. The summed E-state index contributed by atoms with van der Waals surface area (Å²) in [5.41, 5.74) is 8.07. The van der Waals surface area contributed by atoms with Gasteiger partial charge in [0, 0.05) is 35.9 Å². The van der Waals surface area contributed by atoms with Gasteiger partial charge in [-0.25, -0.2) is 14.4 Å². The lowest BCUT2D eigenvalue weighted by Gasteiger charge is -2.13. The number of aryl methyl sites for hydroxylation is 1. The molecular weight excluding hydrogens is 445 g/mol. The lowest BCUT2D eigenvalue weighted by atomic mass is 10.2. The maximum Gasteiger partial charge on any atom is 0.259 e. The van der Waals surface area contributed by atoms with Crippen LogP contribution in [0.5, 0.6) is 11.5 Å². The molecule has 0 aliphatic heterocycles. The van der Waals surface area contributed by atoms with Gasteiger partial charge in [-0.3, -0.25) is 4.79 Å².